The second kappa shape index (κ2) is 9.40. The highest BCUT2D eigenvalue weighted by Gasteiger charge is 2.28. The minimum Gasteiger partial charge on any atom is -0.368 e. The Morgan fingerprint density at radius 1 is 1.14 bits per heavy atom. The van der Waals surface area contributed by atoms with Crippen molar-refractivity contribution in [3.05, 3.63) is 70.9 Å². The maximum atomic E-state index is 14.3. The fourth-order valence-corrected chi connectivity index (χ4v) is 4.42. The lowest BCUT2D eigenvalue weighted by molar-refractivity contribution is 0.312. The van der Waals surface area contributed by atoms with Gasteiger partial charge in [0.25, 0.3) is 5.56 Å². The molecule has 3 aromatic heterocycles. The van der Waals surface area contributed by atoms with Crippen molar-refractivity contribution in [1.82, 2.24) is 24.7 Å². The summed E-state index contributed by atoms with van der Waals surface area (Å²) in [5.41, 5.74) is 7.55. The Morgan fingerprint density at radius 2 is 1.89 bits per heavy atom. The molecule has 1 aliphatic heterocycles. The largest absolute Gasteiger partial charge is 0.368 e. The van der Waals surface area contributed by atoms with Crippen LogP contribution in [0.2, 0.25) is 0 Å². The van der Waals surface area contributed by atoms with E-state index in [1.54, 1.807) is 7.05 Å². The van der Waals surface area contributed by atoms with Gasteiger partial charge in [0.2, 0.25) is 17.7 Å². The van der Waals surface area contributed by atoms with Crippen molar-refractivity contribution in [2.45, 2.75) is 32.4 Å². The zero-order valence-electron chi connectivity index (χ0n) is 21.2. The third kappa shape index (κ3) is 4.82. The first kappa shape index (κ1) is 24.6. The zero-order valence-corrected chi connectivity index (χ0v) is 21.2. The van der Waals surface area contributed by atoms with Crippen LogP contribution in [-0.2, 0) is 12.6 Å². The molecular formula is C26H29FN8O2. The quantitative estimate of drug-likeness (QED) is 0.437. The van der Waals surface area contributed by atoms with E-state index in [1.165, 1.54) is 22.9 Å². The van der Waals surface area contributed by atoms with E-state index in [0.717, 1.165) is 30.5 Å². The monoisotopic (exact) mass is 504 g/mol. The van der Waals surface area contributed by atoms with Crippen LogP contribution in [-0.4, -0.2) is 50.4 Å². The number of hydrogen-bond donors (Lipinski definition) is 1. The van der Waals surface area contributed by atoms with Gasteiger partial charge in [-0.2, -0.15) is 4.98 Å². The summed E-state index contributed by atoms with van der Waals surface area (Å²) in [5, 5.41) is 4.05. The highest BCUT2D eigenvalue weighted by molar-refractivity contribution is 5.62. The number of nitrogens with zero attached hydrogens (tertiary/aromatic N) is 7. The highest BCUT2D eigenvalue weighted by atomic mass is 19.1. The molecule has 4 aromatic rings. The van der Waals surface area contributed by atoms with Gasteiger partial charge in [0.05, 0.1) is 17.4 Å². The van der Waals surface area contributed by atoms with Crippen molar-refractivity contribution >= 4 is 11.6 Å². The fourth-order valence-electron chi connectivity index (χ4n) is 4.42. The van der Waals surface area contributed by atoms with E-state index in [2.05, 4.69) is 36.8 Å². The van der Waals surface area contributed by atoms with Crippen LogP contribution in [0.4, 0.5) is 16.0 Å². The van der Waals surface area contributed by atoms with E-state index in [1.807, 2.05) is 38.1 Å². The molecule has 1 aliphatic rings. The molecule has 11 heteroatoms. The minimum atomic E-state index is -0.703. The summed E-state index contributed by atoms with van der Waals surface area (Å²) in [6, 6.07) is 10.9. The molecule has 0 saturated carbocycles. The molecule has 4 heterocycles. The Hall–Kier alpha value is -4.12. The molecule has 0 bridgehead atoms. The Labute approximate surface area is 213 Å². The van der Waals surface area contributed by atoms with Crippen LogP contribution >= 0.6 is 0 Å². The number of aromatic nitrogens is 5. The number of nitrogens with two attached hydrogens (primary N) is 1. The molecule has 5 rings (SSSR count). The number of rotatable bonds is 5. The van der Waals surface area contributed by atoms with Crippen molar-refractivity contribution in [2.75, 3.05) is 29.4 Å². The van der Waals surface area contributed by atoms with Crippen LogP contribution in [0.5, 0.6) is 0 Å². The molecule has 10 nitrogen and oxygen atoms in total. The van der Waals surface area contributed by atoms with Crippen molar-refractivity contribution in [3.63, 3.8) is 0 Å². The lowest BCUT2D eigenvalue weighted by Crippen LogP contribution is -2.53. The van der Waals surface area contributed by atoms with Crippen molar-refractivity contribution in [3.8, 4) is 22.6 Å². The van der Waals surface area contributed by atoms with Gasteiger partial charge in [-0.1, -0.05) is 5.16 Å². The van der Waals surface area contributed by atoms with Crippen LogP contribution in [0.1, 0.15) is 26.7 Å². The molecule has 1 saturated heterocycles. The summed E-state index contributed by atoms with van der Waals surface area (Å²) in [7, 11) is 1.68. The van der Waals surface area contributed by atoms with Crippen LogP contribution in [0, 0.1) is 5.82 Å². The Balaban J connectivity index is 1.34. The molecule has 0 amide bonds. The fraction of sp³-hybridized carbons (Fsp3) is 0.346. The summed E-state index contributed by atoms with van der Waals surface area (Å²) in [5.74, 6) is 0.877. The third-order valence-electron chi connectivity index (χ3n) is 6.51. The van der Waals surface area contributed by atoms with Crippen LogP contribution in [0.25, 0.3) is 22.6 Å². The van der Waals surface area contributed by atoms with Crippen LogP contribution in [0.15, 0.2) is 58.1 Å². The molecule has 0 spiro atoms. The van der Waals surface area contributed by atoms with E-state index in [4.69, 9.17) is 10.3 Å². The van der Waals surface area contributed by atoms with E-state index in [9.17, 15) is 9.18 Å². The van der Waals surface area contributed by atoms with Gasteiger partial charge in [0.15, 0.2) is 5.82 Å². The zero-order chi connectivity index (χ0) is 26.3. The number of hydrogen-bond acceptors (Lipinski definition) is 9. The second-order valence-electron chi connectivity index (χ2n) is 9.87. The molecule has 1 aromatic carbocycles. The summed E-state index contributed by atoms with van der Waals surface area (Å²) in [6.07, 6.45) is 2.61. The topological polar surface area (TPSA) is 119 Å². The number of pyridine rings is 1. The van der Waals surface area contributed by atoms with Gasteiger partial charge in [0, 0.05) is 61.8 Å². The molecule has 192 valence electrons. The first-order chi connectivity index (χ1) is 17.6. The van der Waals surface area contributed by atoms with Crippen LogP contribution < -0.4 is 21.1 Å². The molecule has 1 fully saturated rings. The number of piperazine rings is 1. The molecule has 0 unspecified atom stereocenters. The molecule has 37 heavy (non-hydrogen) atoms. The van der Waals surface area contributed by atoms with E-state index < -0.39 is 11.4 Å². The number of halogens is 1. The summed E-state index contributed by atoms with van der Waals surface area (Å²) in [4.78, 5) is 29.9. The smallest absolute Gasteiger partial charge is 0.255 e. The molecule has 0 radical (unpaired) electrons. The Kier molecular flexibility index (Phi) is 6.24. The van der Waals surface area contributed by atoms with Gasteiger partial charge < -0.3 is 20.1 Å². The molecular weight excluding hydrogens is 475 g/mol. The van der Waals surface area contributed by atoms with Gasteiger partial charge in [-0.25, -0.2) is 9.37 Å². The first-order valence-electron chi connectivity index (χ1n) is 12.0. The van der Waals surface area contributed by atoms with Gasteiger partial charge in [-0.05, 0) is 51.1 Å². The third-order valence-corrected chi connectivity index (χ3v) is 6.51. The number of anilines is 2. The van der Waals surface area contributed by atoms with E-state index in [-0.39, 0.29) is 17.2 Å². The maximum Gasteiger partial charge on any atom is 0.255 e. The van der Waals surface area contributed by atoms with Crippen molar-refractivity contribution < 1.29 is 8.91 Å². The average molecular weight is 505 g/mol. The molecule has 0 aliphatic carbocycles. The predicted octanol–water partition coefficient (Wildman–Crippen LogP) is 2.94. The van der Waals surface area contributed by atoms with Gasteiger partial charge in [-0.3, -0.25) is 14.3 Å². The van der Waals surface area contributed by atoms with Gasteiger partial charge >= 0.3 is 0 Å². The Bertz CT molecular complexity index is 1480. The Morgan fingerprint density at radius 3 is 2.54 bits per heavy atom. The highest BCUT2D eigenvalue weighted by Crippen LogP contribution is 2.27. The standard InChI is InChI=1S/C26H29FN8O2/c1-16-15-34(18-7-5-17(6-8-18)23-31-24(37-32-23)26(2,3)28)11-12-35(16)25-30-21(13-22(36)33(25)4)19-9-10-29-14-20(19)27/h5-10,13-14,16H,11-12,15,28H2,1-4H3/t16-/m1/s1. The summed E-state index contributed by atoms with van der Waals surface area (Å²) < 4.78 is 21.1. The van der Waals surface area contributed by atoms with E-state index in [0.29, 0.717) is 29.9 Å². The van der Waals surface area contributed by atoms with Crippen LogP contribution in [0.3, 0.4) is 0 Å². The lowest BCUT2D eigenvalue weighted by atomic mass is 10.1. The number of benzene rings is 1. The normalized spacial score (nSPS) is 16.3. The molecule has 1 atom stereocenters. The summed E-state index contributed by atoms with van der Waals surface area (Å²) in [6.45, 7) is 7.80. The van der Waals surface area contributed by atoms with Crippen molar-refractivity contribution in [1.29, 1.82) is 0 Å². The minimum absolute atomic E-state index is 0.0515. The maximum absolute atomic E-state index is 14.3. The lowest BCUT2D eigenvalue weighted by Gasteiger charge is -2.42. The molecule has 2 N–H and O–H groups in total. The average Bonchev–Trinajstić information content (AvgIpc) is 3.38. The second-order valence-corrected chi connectivity index (χ2v) is 9.87. The van der Waals surface area contributed by atoms with E-state index >= 15 is 0 Å². The van der Waals surface area contributed by atoms with Crippen molar-refractivity contribution in [2.24, 2.45) is 12.8 Å². The summed E-state index contributed by atoms with van der Waals surface area (Å²) >= 11 is 0. The first-order valence-corrected chi connectivity index (χ1v) is 12.0. The van der Waals surface area contributed by atoms with Gasteiger partial charge in [-0.15, -0.1) is 0 Å². The predicted molar refractivity (Wildman–Crippen MR) is 139 cm³/mol. The SMILES string of the molecule is C[C@@H]1CN(c2ccc(-c3noc(C(C)(C)N)n3)cc2)CCN1c1nc(-c2ccncc2F)cc(=O)n1C. The van der Waals surface area contributed by atoms with Gasteiger partial charge in [0.1, 0.15) is 0 Å².